The Hall–Kier alpha value is -2.11. The Bertz CT molecular complexity index is 757. The van der Waals surface area contributed by atoms with Crippen LogP contribution in [0.15, 0.2) is 48.5 Å². The SMILES string of the molecule is Cc1ccc(CC(NC(=O)C2(c3ccccc3)CC2)B(O)O)c(C)c1. The molecule has 0 aliphatic heterocycles. The van der Waals surface area contributed by atoms with Gasteiger partial charge in [0.2, 0.25) is 5.91 Å². The van der Waals surface area contributed by atoms with Crippen LogP contribution in [0.5, 0.6) is 0 Å². The Balaban J connectivity index is 1.75. The Morgan fingerprint density at radius 1 is 1.16 bits per heavy atom. The zero-order valence-electron chi connectivity index (χ0n) is 14.7. The lowest BCUT2D eigenvalue weighted by atomic mass is 9.74. The van der Waals surface area contributed by atoms with Crippen LogP contribution in [0, 0.1) is 13.8 Å². The average molecular weight is 337 g/mol. The summed E-state index contributed by atoms with van der Waals surface area (Å²) in [7, 11) is -1.60. The molecule has 4 nitrogen and oxygen atoms in total. The molecule has 130 valence electrons. The number of carbonyl (C=O) groups excluding carboxylic acids is 1. The van der Waals surface area contributed by atoms with Gasteiger partial charge in [0.1, 0.15) is 0 Å². The third-order valence-electron chi connectivity index (χ3n) is 5.13. The third kappa shape index (κ3) is 3.78. The van der Waals surface area contributed by atoms with Crippen LogP contribution >= 0.6 is 0 Å². The van der Waals surface area contributed by atoms with Gasteiger partial charge in [-0.1, -0.05) is 54.1 Å². The molecule has 2 aromatic rings. The largest absolute Gasteiger partial charge is 0.475 e. The lowest BCUT2D eigenvalue weighted by Crippen LogP contribution is -2.51. The molecule has 25 heavy (non-hydrogen) atoms. The summed E-state index contributed by atoms with van der Waals surface area (Å²) in [5.41, 5.74) is 3.73. The molecule has 2 aromatic carbocycles. The summed E-state index contributed by atoms with van der Waals surface area (Å²) in [5.74, 6) is -0.850. The van der Waals surface area contributed by atoms with Crippen molar-refractivity contribution >= 4 is 13.0 Å². The van der Waals surface area contributed by atoms with Gasteiger partial charge in [-0.05, 0) is 49.8 Å². The summed E-state index contributed by atoms with van der Waals surface area (Å²) in [5, 5.41) is 22.4. The molecule has 3 rings (SSSR count). The van der Waals surface area contributed by atoms with Gasteiger partial charge in [0.05, 0.1) is 11.4 Å². The topological polar surface area (TPSA) is 69.6 Å². The van der Waals surface area contributed by atoms with E-state index in [4.69, 9.17) is 0 Å². The minimum absolute atomic E-state index is 0.124. The quantitative estimate of drug-likeness (QED) is 0.707. The minimum Gasteiger partial charge on any atom is -0.426 e. The Morgan fingerprint density at radius 2 is 1.84 bits per heavy atom. The van der Waals surface area contributed by atoms with Gasteiger partial charge in [0, 0.05) is 0 Å². The molecule has 1 aliphatic rings. The molecule has 1 atom stereocenters. The van der Waals surface area contributed by atoms with Gasteiger partial charge in [0.15, 0.2) is 0 Å². The normalized spacial score (nSPS) is 16.2. The summed E-state index contributed by atoms with van der Waals surface area (Å²) in [4.78, 5) is 12.8. The lowest BCUT2D eigenvalue weighted by Gasteiger charge is -2.23. The van der Waals surface area contributed by atoms with Gasteiger partial charge in [-0.25, -0.2) is 0 Å². The van der Waals surface area contributed by atoms with E-state index in [1.807, 2.05) is 56.3 Å². The number of rotatable bonds is 6. The third-order valence-corrected chi connectivity index (χ3v) is 5.13. The van der Waals surface area contributed by atoms with E-state index < -0.39 is 18.5 Å². The highest BCUT2D eigenvalue weighted by atomic mass is 16.4. The minimum atomic E-state index is -1.60. The van der Waals surface area contributed by atoms with Crippen molar-refractivity contribution in [2.24, 2.45) is 0 Å². The van der Waals surface area contributed by atoms with Gasteiger partial charge in [0.25, 0.3) is 0 Å². The fraction of sp³-hybridized carbons (Fsp3) is 0.350. The number of amides is 1. The van der Waals surface area contributed by atoms with Crippen LogP contribution in [-0.4, -0.2) is 29.0 Å². The van der Waals surface area contributed by atoms with E-state index in [1.165, 1.54) is 0 Å². The summed E-state index contributed by atoms with van der Waals surface area (Å²) >= 11 is 0. The maximum absolute atomic E-state index is 12.8. The molecular formula is C20H24BNO3. The second-order valence-electron chi connectivity index (χ2n) is 7.08. The second-order valence-corrected chi connectivity index (χ2v) is 7.08. The molecule has 0 heterocycles. The zero-order valence-corrected chi connectivity index (χ0v) is 14.7. The van der Waals surface area contributed by atoms with Crippen molar-refractivity contribution in [3.8, 4) is 0 Å². The van der Waals surface area contributed by atoms with Crippen LogP contribution in [0.25, 0.3) is 0 Å². The summed E-state index contributed by atoms with van der Waals surface area (Å²) in [6, 6.07) is 15.7. The molecule has 1 fully saturated rings. The lowest BCUT2D eigenvalue weighted by molar-refractivity contribution is -0.124. The van der Waals surface area contributed by atoms with Crippen molar-refractivity contribution in [3.63, 3.8) is 0 Å². The van der Waals surface area contributed by atoms with Gasteiger partial charge in [-0.15, -0.1) is 0 Å². The van der Waals surface area contributed by atoms with Gasteiger partial charge in [-0.2, -0.15) is 0 Å². The Labute approximate surface area is 149 Å². The highest BCUT2D eigenvalue weighted by Crippen LogP contribution is 2.48. The van der Waals surface area contributed by atoms with Gasteiger partial charge >= 0.3 is 7.12 Å². The number of nitrogens with one attached hydrogen (secondary N) is 1. The van der Waals surface area contributed by atoms with E-state index >= 15 is 0 Å². The highest BCUT2D eigenvalue weighted by molar-refractivity contribution is 6.43. The van der Waals surface area contributed by atoms with Gasteiger partial charge < -0.3 is 15.4 Å². The molecule has 1 amide bonds. The molecule has 1 unspecified atom stereocenters. The smallest absolute Gasteiger partial charge is 0.426 e. The number of aryl methyl sites for hydroxylation is 2. The van der Waals surface area contributed by atoms with E-state index in [9.17, 15) is 14.8 Å². The van der Waals surface area contributed by atoms with Crippen LogP contribution in [0.3, 0.4) is 0 Å². The predicted molar refractivity (Wildman–Crippen MR) is 99.1 cm³/mol. The standard InChI is InChI=1S/C20H24BNO3/c1-14-8-9-16(15(2)12-14)13-18(21(24)25)22-19(23)20(10-11-20)17-6-4-3-5-7-17/h3-9,12,18,24-25H,10-11,13H2,1-2H3,(H,22,23). The Kier molecular flexibility index (Phi) is 4.97. The maximum Gasteiger partial charge on any atom is 0.475 e. The molecule has 0 radical (unpaired) electrons. The first-order valence-corrected chi connectivity index (χ1v) is 8.71. The molecule has 0 aromatic heterocycles. The summed E-state index contributed by atoms with van der Waals surface area (Å²) in [6.07, 6.45) is 1.97. The summed E-state index contributed by atoms with van der Waals surface area (Å²) in [6.45, 7) is 4.02. The highest BCUT2D eigenvalue weighted by Gasteiger charge is 2.52. The fourth-order valence-electron chi connectivity index (χ4n) is 3.38. The maximum atomic E-state index is 12.8. The molecular weight excluding hydrogens is 313 g/mol. The number of carbonyl (C=O) groups is 1. The first kappa shape index (κ1) is 17.7. The van der Waals surface area contributed by atoms with Crippen molar-refractivity contribution in [2.45, 2.75) is 44.5 Å². The predicted octanol–water partition coefficient (Wildman–Crippen LogP) is 2.07. The van der Waals surface area contributed by atoms with E-state index in [-0.39, 0.29) is 5.91 Å². The molecule has 1 saturated carbocycles. The van der Waals surface area contributed by atoms with E-state index in [0.29, 0.717) is 6.42 Å². The van der Waals surface area contributed by atoms with Crippen LogP contribution in [0.4, 0.5) is 0 Å². The monoisotopic (exact) mass is 337 g/mol. The number of benzene rings is 2. The summed E-state index contributed by atoms with van der Waals surface area (Å²) < 4.78 is 0. The molecule has 0 bridgehead atoms. The van der Waals surface area contributed by atoms with Crippen molar-refractivity contribution in [2.75, 3.05) is 0 Å². The van der Waals surface area contributed by atoms with Gasteiger partial charge in [-0.3, -0.25) is 4.79 Å². The Morgan fingerprint density at radius 3 is 2.40 bits per heavy atom. The number of hydrogen-bond donors (Lipinski definition) is 3. The van der Waals surface area contributed by atoms with Crippen molar-refractivity contribution in [1.29, 1.82) is 0 Å². The first-order chi connectivity index (χ1) is 11.9. The number of hydrogen-bond acceptors (Lipinski definition) is 3. The van der Waals surface area contributed by atoms with Crippen molar-refractivity contribution in [3.05, 3.63) is 70.8 Å². The molecule has 3 N–H and O–H groups in total. The molecule has 0 saturated heterocycles. The average Bonchev–Trinajstić information content (AvgIpc) is 3.39. The van der Waals surface area contributed by atoms with E-state index in [1.54, 1.807) is 0 Å². The van der Waals surface area contributed by atoms with E-state index in [0.717, 1.165) is 35.1 Å². The molecule has 1 aliphatic carbocycles. The van der Waals surface area contributed by atoms with Crippen LogP contribution < -0.4 is 5.32 Å². The fourth-order valence-corrected chi connectivity index (χ4v) is 3.38. The van der Waals surface area contributed by atoms with Crippen LogP contribution in [0.2, 0.25) is 0 Å². The van der Waals surface area contributed by atoms with Crippen molar-refractivity contribution < 1.29 is 14.8 Å². The molecule has 0 spiro atoms. The van der Waals surface area contributed by atoms with Crippen molar-refractivity contribution in [1.82, 2.24) is 5.32 Å². The van der Waals surface area contributed by atoms with Crippen LogP contribution in [0.1, 0.15) is 35.1 Å². The van der Waals surface area contributed by atoms with Crippen LogP contribution in [-0.2, 0) is 16.6 Å². The first-order valence-electron chi connectivity index (χ1n) is 8.71. The second kappa shape index (κ2) is 7.02. The zero-order chi connectivity index (χ0) is 18.0. The molecule has 5 heteroatoms. The van der Waals surface area contributed by atoms with E-state index in [2.05, 4.69) is 11.4 Å².